The number of thiol groups is 1. The summed E-state index contributed by atoms with van der Waals surface area (Å²) in [7, 11) is -9.62. The SMILES string of the molecule is [C-]#[N+]C([N+]#[C-])(OOS)c1cc(S(=O)(=O)C(C#N)C#N)cc(S(=O)(=O)C(C#N)C#N)c1. The lowest BCUT2D eigenvalue weighted by molar-refractivity contribution is -0.251. The molecule has 1 rings (SSSR count). The van der Waals surface area contributed by atoms with E-state index in [1.54, 1.807) is 0 Å². The Kier molecular flexibility index (Phi) is 7.49. The largest absolute Gasteiger partial charge is 0.669 e. The second-order valence-electron chi connectivity index (χ2n) is 5.05. The van der Waals surface area contributed by atoms with Gasteiger partial charge in [0.2, 0.25) is 30.2 Å². The maximum Gasteiger partial charge on any atom is 0.669 e. The third-order valence-electron chi connectivity index (χ3n) is 3.46. The van der Waals surface area contributed by atoms with E-state index in [2.05, 4.69) is 31.8 Å². The molecular formula is C15H6N6O6S3. The van der Waals surface area contributed by atoms with Crippen molar-refractivity contribution >= 4 is 32.6 Å². The molecule has 0 aliphatic rings. The topological polar surface area (TPSA) is 191 Å². The van der Waals surface area contributed by atoms with Gasteiger partial charge in [-0.05, 0) is 18.2 Å². The maximum absolute atomic E-state index is 12.6. The summed E-state index contributed by atoms with van der Waals surface area (Å²) >= 11 is 3.25. The van der Waals surface area contributed by atoms with Gasteiger partial charge in [0.05, 0.1) is 34.1 Å². The summed E-state index contributed by atoms with van der Waals surface area (Å²) in [5.41, 5.74) is -0.689. The van der Waals surface area contributed by atoms with Crippen LogP contribution in [0, 0.1) is 58.5 Å². The molecule has 0 aromatic heterocycles. The Balaban J connectivity index is 4.12. The van der Waals surface area contributed by atoms with Crippen LogP contribution in [0.5, 0.6) is 0 Å². The average Bonchev–Trinajstić information content (AvgIpc) is 2.73. The van der Waals surface area contributed by atoms with Crippen molar-refractivity contribution in [2.24, 2.45) is 0 Å². The summed E-state index contributed by atoms with van der Waals surface area (Å²) in [4.78, 5) is 8.32. The summed E-state index contributed by atoms with van der Waals surface area (Å²) in [5.74, 6) is -2.76. The zero-order chi connectivity index (χ0) is 23.2. The summed E-state index contributed by atoms with van der Waals surface area (Å²) in [5, 5.41) is 31.1. The van der Waals surface area contributed by atoms with Gasteiger partial charge in [-0.2, -0.15) is 35.1 Å². The summed E-state index contributed by atoms with van der Waals surface area (Å²) < 4.78 is 54.4. The van der Waals surface area contributed by atoms with E-state index in [1.165, 1.54) is 24.3 Å². The molecule has 0 unspecified atom stereocenters. The van der Waals surface area contributed by atoms with Crippen molar-refractivity contribution in [1.82, 2.24) is 0 Å². The third kappa shape index (κ3) is 4.17. The molecule has 30 heavy (non-hydrogen) atoms. The summed E-state index contributed by atoms with van der Waals surface area (Å²) in [6.07, 6.45) is 0. The van der Waals surface area contributed by atoms with Crippen molar-refractivity contribution in [3.63, 3.8) is 0 Å². The molecule has 15 heteroatoms. The van der Waals surface area contributed by atoms with E-state index in [4.69, 9.17) is 34.2 Å². The van der Waals surface area contributed by atoms with Gasteiger partial charge in [0.1, 0.15) is 0 Å². The number of benzene rings is 1. The van der Waals surface area contributed by atoms with Crippen LogP contribution in [0.3, 0.4) is 0 Å². The van der Waals surface area contributed by atoms with Crippen LogP contribution in [0.25, 0.3) is 9.69 Å². The van der Waals surface area contributed by atoms with Crippen molar-refractivity contribution < 1.29 is 26.1 Å². The predicted octanol–water partition coefficient (Wildman–Crippen LogP) is 0.807. The maximum atomic E-state index is 12.6. The van der Waals surface area contributed by atoms with Crippen LogP contribution in [0.1, 0.15) is 5.56 Å². The van der Waals surface area contributed by atoms with Crippen molar-refractivity contribution in [3.05, 3.63) is 46.6 Å². The van der Waals surface area contributed by atoms with Gasteiger partial charge in [-0.15, -0.1) is 0 Å². The molecule has 0 heterocycles. The van der Waals surface area contributed by atoms with Crippen LogP contribution in [0.2, 0.25) is 0 Å². The number of nitrogens with zero attached hydrogens (tertiary/aromatic N) is 6. The first-order valence-corrected chi connectivity index (χ1v) is 10.5. The lowest BCUT2D eigenvalue weighted by Crippen LogP contribution is -2.25. The van der Waals surface area contributed by atoms with E-state index < -0.39 is 51.4 Å². The Bertz CT molecular complexity index is 1210. The minimum Gasteiger partial charge on any atom is -0.221 e. The second kappa shape index (κ2) is 9.22. The van der Waals surface area contributed by atoms with Crippen LogP contribution in [0.4, 0.5) is 0 Å². The molecule has 0 atom stereocenters. The molecule has 1 aromatic carbocycles. The van der Waals surface area contributed by atoms with E-state index in [1.807, 2.05) is 0 Å². The zero-order valence-electron chi connectivity index (χ0n) is 14.3. The third-order valence-corrected chi connectivity index (χ3v) is 6.98. The first-order chi connectivity index (χ1) is 14.0. The summed E-state index contributed by atoms with van der Waals surface area (Å²) in [6, 6.07) is 6.61. The normalized spacial score (nSPS) is 11.4. The fraction of sp³-hybridized carbons (Fsp3) is 0.200. The van der Waals surface area contributed by atoms with Gasteiger partial charge in [-0.25, -0.2) is 30.0 Å². The monoisotopic (exact) mass is 462 g/mol. The van der Waals surface area contributed by atoms with Gasteiger partial charge in [0.25, 0.3) is 0 Å². The summed E-state index contributed by atoms with van der Waals surface area (Å²) in [6.45, 7) is 14.4. The number of hydrogen-bond acceptors (Lipinski definition) is 11. The minimum atomic E-state index is -4.81. The van der Waals surface area contributed by atoms with Crippen molar-refractivity contribution in [2.75, 3.05) is 0 Å². The van der Waals surface area contributed by atoms with E-state index in [9.17, 15) is 16.8 Å². The van der Waals surface area contributed by atoms with Crippen molar-refractivity contribution in [2.45, 2.75) is 26.1 Å². The van der Waals surface area contributed by atoms with Gasteiger partial charge in [-0.1, -0.05) is 4.89 Å². The average molecular weight is 462 g/mol. The molecule has 12 nitrogen and oxygen atoms in total. The van der Waals surface area contributed by atoms with Crippen LogP contribution in [-0.4, -0.2) is 27.3 Å². The second-order valence-corrected chi connectivity index (χ2v) is 9.26. The Morgan fingerprint density at radius 3 is 1.50 bits per heavy atom. The van der Waals surface area contributed by atoms with Gasteiger partial charge in [0, 0.05) is 12.9 Å². The standard InChI is InChI=1S/C15H6N6O6S3/c1-20-15(21-2,26-27-28)10-3-11(29(22,23)13(6-16)7-17)5-12(4-10)30(24,25)14(8-18)9-19/h3-5,13-14,28H. The van der Waals surface area contributed by atoms with Crippen LogP contribution >= 0.6 is 12.9 Å². The molecule has 1 aromatic rings. The molecule has 0 bridgehead atoms. The Morgan fingerprint density at radius 1 is 0.867 bits per heavy atom. The molecule has 0 radical (unpaired) electrons. The Hall–Kier alpha value is -3.67. The van der Waals surface area contributed by atoms with E-state index in [-0.39, 0.29) is 0 Å². The molecule has 0 amide bonds. The first kappa shape index (κ1) is 24.4. The molecule has 150 valence electrons. The Morgan fingerprint density at radius 2 is 1.23 bits per heavy atom. The fourth-order valence-electron chi connectivity index (χ4n) is 1.99. The van der Waals surface area contributed by atoms with E-state index in [0.29, 0.717) is 18.2 Å². The Labute approximate surface area is 176 Å². The highest BCUT2D eigenvalue weighted by Crippen LogP contribution is 2.35. The van der Waals surface area contributed by atoms with Crippen LogP contribution in [-0.2, 0) is 34.7 Å². The first-order valence-electron chi connectivity index (χ1n) is 7.03. The van der Waals surface area contributed by atoms with Crippen LogP contribution < -0.4 is 0 Å². The smallest absolute Gasteiger partial charge is 0.221 e. The van der Waals surface area contributed by atoms with E-state index in [0.717, 1.165) is 0 Å². The molecule has 0 aliphatic carbocycles. The van der Waals surface area contributed by atoms with Gasteiger partial charge < -0.3 is 0 Å². The van der Waals surface area contributed by atoms with E-state index >= 15 is 0 Å². The highest BCUT2D eigenvalue weighted by molar-refractivity contribution is 7.93. The number of sulfone groups is 2. The molecule has 0 N–H and O–H groups in total. The number of hydrogen-bond donors (Lipinski definition) is 1. The molecule has 0 spiro atoms. The van der Waals surface area contributed by atoms with Crippen molar-refractivity contribution in [3.8, 4) is 24.3 Å². The van der Waals surface area contributed by atoms with Gasteiger partial charge >= 0.3 is 5.85 Å². The highest BCUT2D eigenvalue weighted by atomic mass is 32.2. The fourth-order valence-corrected chi connectivity index (χ4v) is 4.43. The zero-order valence-corrected chi connectivity index (χ0v) is 16.8. The lowest BCUT2D eigenvalue weighted by atomic mass is 10.1. The quantitative estimate of drug-likeness (QED) is 0.199. The highest BCUT2D eigenvalue weighted by Gasteiger charge is 2.52. The molecule has 0 aliphatic heterocycles. The molecule has 0 saturated carbocycles. The number of nitriles is 4. The van der Waals surface area contributed by atoms with Crippen molar-refractivity contribution in [1.29, 1.82) is 21.0 Å². The molecular weight excluding hydrogens is 456 g/mol. The predicted molar refractivity (Wildman–Crippen MR) is 96.9 cm³/mol. The van der Waals surface area contributed by atoms with Gasteiger partial charge in [0.15, 0.2) is 5.56 Å². The lowest BCUT2D eigenvalue weighted by Gasteiger charge is -2.13. The minimum absolute atomic E-state index is 0.498. The number of rotatable bonds is 7. The van der Waals surface area contributed by atoms with Crippen LogP contribution in [0.15, 0.2) is 28.0 Å². The molecule has 0 saturated heterocycles. The van der Waals surface area contributed by atoms with Gasteiger partial charge in [-0.3, -0.25) is 0 Å². The molecule has 0 fully saturated rings.